The lowest BCUT2D eigenvalue weighted by Crippen LogP contribution is -2.44. The molecule has 1 aromatic rings. The van der Waals surface area contributed by atoms with Crippen LogP contribution in [0.4, 0.5) is 23.7 Å². The van der Waals surface area contributed by atoms with E-state index in [1.54, 1.807) is 20.8 Å². The van der Waals surface area contributed by atoms with Gasteiger partial charge in [0.05, 0.1) is 5.56 Å². The maximum Gasteiger partial charge on any atom is 0.416 e. The van der Waals surface area contributed by atoms with E-state index in [0.717, 1.165) is 18.6 Å². The minimum Gasteiger partial charge on any atom is -0.444 e. The van der Waals surface area contributed by atoms with Gasteiger partial charge in [-0.25, -0.2) is 4.79 Å². The summed E-state index contributed by atoms with van der Waals surface area (Å²) in [5.74, 6) is 0. The van der Waals surface area contributed by atoms with Crippen molar-refractivity contribution in [3.05, 3.63) is 29.3 Å². The highest BCUT2D eigenvalue weighted by molar-refractivity contribution is 5.86. The average molecular weight is 330 g/mol. The maximum atomic E-state index is 12.9. The van der Waals surface area contributed by atoms with Crippen LogP contribution in [0.1, 0.15) is 51.2 Å². The molecule has 0 bridgehead atoms. The first kappa shape index (κ1) is 17.6. The van der Waals surface area contributed by atoms with E-state index in [1.807, 2.05) is 0 Å². The SMILES string of the molecule is CC(C)(C)OC(=O)Nc1cc(C(F)(F)F)ccc1C1(N)CCC1. The van der Waals surface area contributed by atoms with Crippen LogP contribution in [0, 0.1) is 0 Å². The minimum absolute atomic E-state index is 0.0521. The first-order valence-corrected chi connectivity index (χ1v) is 7.41. The lowest BCUT2D eigenvalue weighted by molar-refractivity contribution is -0.137. The lowest BCUT2D eigenvalue weighted by Gasteiger charge is -2.40. The molecular weight excluding hydrogens is 309 g/mol. The fraction of sp³-hybridized carbons (Fsp3) is 0.562. The minimum atomic E-state index is -4.50. The summed E-state index contributed by atoms with van der Waals surface area (Å²) < 4.78 is 43.9. The van der Waals surface area contributed by atoms with E-state index >= 15 is 0 Å². The van der Waals surface area contributed by atoms with Crippen molar-refractivity contribution in [2.45, 2.75) is 57.3 Å². The van der Waals surface area contributed by atoms with Crippen LogP contribution in [0.25, 0.3) is 0 Å². The fourth-order valence-corrected chi connectivity index (χ4v) is 2.50. The highest BCUT2D eigenvalue weighted by atomic mass is 19.4. The third kappa shape index (κ3) is 4.16. The predicted molar refractivity (Wildman–Crippen MR) is 81.0 cm³/mol. The van der Waals surface area contributed by atoms with Crippen LogP contribution in [0.2, 0.25) is 0 Å². The quantitative estimate of drug-likeness (QED) is 0.845. The van der Waals surface area contributed by atoms with Gasteiger partial charge in [0.15, 0.2) is 0 Å². The van der Waals surface area contributed by atoms with Crippen LogP contribution in [0.3, 0.4) is 0 Å². The number of nitrogens with two attached hydrogens (primary N) is 1. The summed E-state index contributed by atoms with van der Waals surface area (Å²) in [5.41, 5.74) is 4.48. The molecule has 0 spiro atoms. The standard InChI is InChI=1S/C16H21F3N2O2/c1-14(2,3)23-13(22)21-12-9-10(16(17,18)19)5-6-11(12)15(20)7-4-8-15/h5-6,9H,4,7-8,20H2,1-3H3,(H,21,22). The van der Waals surface area contributed by atoms with E-state index in [9.17, 15) is 18.0 Å². The summed E-state index contributed by atoms with van der Waals surface area (Å²) in [6.45, 7) is 5.03. The van der Waals surface area contributed by atoms with Crippen LogP contribution in [0.5, 0.6) is 0 Å². The second-order valence-corrected chi connectivity index (χ2v) is 6.89. The summed E-state index contributed by atoms with van der Waals surface area (Å²) >= 11 is 0. The summed E-state index contributed by atoms with van der Waals surface area (Å²) in [5, 5.41) is 2.41. The first-order valence-electron chi connectivity index (χ1n) is 7.41. The Morgan fingerprint density at radius 2 is 1.87 bits per heavy atom. The third-order valence-corrected chi connectivity index (χ3v) is 3.76. The van der Waals surface area contributed by atoms with Gasteiger partial charge >= 0.3 is 12.3 Å². The molecular formula is C16H21F3N2O2. The number of amides is 1. The van der Waals surface area contributed by atoms with E-state index in [2.05, 4.69) is 5.32 Å². The van der Waals surface area contributed by atoms with Crippen LogP contribution in [0.15, 0.2) is 18.2 Å². The Labute approximate surface area is 133 Å². The van der Waals surface area contributed by atoms with Gasteiger partial charge in [-0.1, -0.05) is 6.07 Å². The number of ether oxygens (including phenoxy) is 1. The number of anilines is 1. The van der Waals surface area contributed by atoms with Crippen molar-refractivity contribution in [2.75, 3.05) is 5.32 Å². The molecule has 4 nitrogen and oxygen atoms in total. The number of carbonyl (C=O) groups is 1. The van der Waals surface area contributed by atoms with Crippen molar-refractivity contribution in [1.82, 2.24) is 0 Å². The molecule has 23 heavy (non-hydrogen) atoms. The molecule has 1 fully saturated rings. The number of benzene rings is 1. The number of hydrogen-bond acceptors (Lipinski definition) is 3. The molecule has 0 atom stereocenters. The largest absolute Gasteiger partial charge is 0.444 e. The van der Waals surface area contributed by atoms with Crippen molar-refractivity contribution in [2.24, 2.45) is 5.73 Å². The van der Waals surface area contributed by atoms with Gasteiger partial charge in [0.1, 0.15) is 5.60 Å². The highest BCUT2D eigenvalue weighted by Crippen LogP contribution is 2.43. The van der Waals surface area contributed by atoms with Crippen molar-refractivity contribution in [3.63, 3.8) is 0 Å². The zero-order valence-corrected chi connectivity index (χ0v) is 13.4. The van der Waals surface area contributed by atoms with Crippen molar-refractivity contribution >= 4 is 11.8 Å². The molecule has 2 rings (SSSR count). The summed E-state index contributed by atoms with van der Waals surface area (Å²) in [6.07, 6.45) is -3.06. The topological polar surface area (TPSA) is 64.3 Å². The van der Waals surface area contributed by atoms with Crippen LogP contribution < -0.4 is 11.1 Å². The number of halogens is 3. The average Bonchev–Trinajstić information content (AvgIpc) is 2.32. The molecule has 1 amide bonds. The molecule has 0 saturated heterocycles. The molecule has 0 radical (unpaired) electrons. The van der Waals surface area contributed by atoms with Gasteiger partial charge in [0, 0.05) is 11.2 Å². The first-order chi connectivity index (χ1) is 10.4. The molecule has 0 heterocycles. The third-order valence-electron chi connectivity index (χ3n) is 3.76. The Balaban J connectivity index is 2.35. The maximum absolute atomic E-state index is 12.9. The van der Waals surface area contributed by atoms with Crippen molar-refractivity contribution < 1.29 is 22.7 Å². The van der Waals surface area contributed by atoms with E-state index < -0.39 is 29.0 Å². The highest BCUT2D eigenvalue weighted by Gasteiger charge is 2.38. The monoisotopic (exact) mass is 330 g/mol. The molecule has 1 aliphatic carbocycles. The van der Waals surface area contributed by atoms with Crippen molar-refractivity contribution in [3.8, 4) is 0 Å². The summed E-state index contributed by atoms with van der Waals surface area (Å²) in [4.78, 5) is 11.9. The van der Waals surface area contributed by atoms with Gasteiger partial charge in [0.25, 0.3) is 0 Å². The van der Waals surface area contributed by atoms with E-state index in [-0.39, 0.29) is 5.69 Å². The van der Waals surface area contributed by atoms with E-state index in [0.29, 0.717) is 18.4 Å². The number of hydrogen-bond donors (Lipinski definition) is 2. The molecule has 0 unspecified atom stereocenters. The molecule has 0 aromatic heterocycles. The Kier molecular flexibility index (Phi) is 4.36. The van der Waals surface area contributed by atoms with Crippen molar-refractivity contribution in [1.29, 1.82) is 0 Å². The number of nitrogens with one attached hydrogen (secondary N) is 1. The normalized spacial score (nSPS) is 17.3. The van der Waals surface area contributed by atoms with Gasteiger partial charge in [-0.05, 0) is 57.7 Å². The Bertz CT molecular complexity index is 602. The van der Waals surface area contributed by atoms with Gasteiger partial charge in [-0.3, -0.25) is 5.32 Å². The predicted octanol–water partition coefficient (Wildman–Crippen LogP) is 4.39. The zero-order valence-electron chi connectivity index (χ0n) is 13.4. The molecule has 1 saturated carbocycles. The second-order valence-electron chi connectivity index (χ2n) is 6.89. The molecule has 1 aliphatic rings. The molecule has 7 heteroatoms. The smallest absolute Gasteiger partial charge is 0.416 e. The van der Waals surface area contributed by atoms with Crippen LogP contribution >= 0.6 is 0 Å². The fourth-order valence-electron chi connectivity index (χ4n) is 2.50. The zero-order chi connectivity index (χ0) is 17.5. The van der Waals surface area contributed by atoms with Gasteiger partial charge < -0.3 is 10.5 Å². The number of alkyl halides is 3. The lowest BCUT2D eigenvalue weighted by atomic mass is 9.72. The second kappa shape index (κ2) is 5.70. The summed E-state index contributed by atoms with van der Waals surface area (Å²) in [6, 6.07) is 3.24. The van der Waals surface area contributed by atoms with E-state index in [1.165, 1.54) is 6.07 Å². The molecule has 0 aliphatic heterocycles. The van der Waals surface area contributed by atoms with Gasteiger partial charge in [0.2, 0.25) is 0 Å². The molecule has 1 aromatic carbocycles. The van der Waals surface area contributed by atoms with Crippen LogP contribution in [-0.2, 0) is 16.5 Å². The van der Waals surface area contributed by atoms with Gasteiger partial charge in [-0.15, -0.1) is 0 Å². The van der Waals surface area contributed by atoms with E-state index in [4.69, 9.17) is 10.5 Å². The molecule has 128 valence electrons. The number of carbonyl (C=O) groups excluding carboxylic acids is 1. The Hall–Kier alpha value is -1.76. The Morgan fingerprint density at radius 3 is 2.30 bits per heavy atom. The number of rotatable bonds is 2. The van der Waals surface area contributed by atoms with Crippen LogP contribution in [-0.4, -0.2) is 11.7 Å². The van der Waals surface area contributed by atoms with Gasteiger partial charge in [-0.2, -0.15) is 13.2 Å². The summed E-state index contributed by atoms with van der Waals surface area (Å²) in [7, 11) is 0. The Morgan fingerprint density at radius 1 is 1.26 bits per heavy atom. The molecule has 3 N–H and O–H groups in total.